The van der Waals surface area contributed by atoms with Gasteiger partial charge in [0.15, 0.2) is 0 Å². The first kappa shape index (κ1) is 14.9. The van der Waals surface area contributed by atoms with E-state index in [0.717, 1.165) is 29.9 Å². The van der Waals surface area contributed by atoms with Crippen LogP contribution in [0, 0.1) is 11.7 Å². The first-order valence-electron chi connectivity index (χ1n) is 8.75. The quantitative estimate of drug-likeness (QED) is 0.880. The highest BCUT2D eigenvalue weighted by Gasteiger charge is 2.46. The van der Waals surface area contributed by atoms with E-state index in [-0.39, 0.29) is 11.4 Å². The van der Waals surface area contributed by atoms with Gasteiger partial charge in [-0.25, -0.2) is 9.37 Å². The van der Waals surface area contributed by atoms with Crippen LogP contribution in [0.4, 0.5) is 4.39 Å². The van der Waals surface area contributed by atoms with E-state index in [2.05, 4.69) is 9.97 Å². The third kappa shape index (κ3) is 2.92. The highest BCUT2D eigenvalue weighted by atomic mass is 19.1. The molecule has 1 unspecified atom stereocenters. The van der Waals surface area contributed by atoms with Gasteiger partial charge in [-0.05, 0) is 61.4 Å². The van der Waals surface area contributed by atoms with Crippen LogP contribution in [-0.4, -0.2) is 15.5 Å². The molecule has 1 atom stereocenters. The lowest BCUT2D eigenvalue weighted by atomic mass is 9.71. The van der Waals surface area contributed by atoms with Crippen LogP contribution in [0.15, 0.2) is 30.5 Å². The summed E-state index contributed by atoms with van der Waals surface area (Å²) in [7, 11) is 0. The highest BCUT2D eigenvalue weighted by Crippen LogP contribution is 2.50. The SMILES string of the molecule is NC1(C(c2ncc(-c3ccc(F)cc3)[nH]2)C2CC2)CCCCC1. The van der Waals surface area contributed by atoms with Crippen molar-refractivity contribution in [3.63, 3.8) is 0 Å². The molecule has 0 spiro atoms. The molecule has 4 rings (SSSR count). The molecule has 23 heavy (non-hydrogen) atoms. The Kier molecular flexibility index (Phi) is 3.72. The lowest BCUT2D eigenvalue weighted by Gasteiger charge is -2.40. The average Bonchev–Trinajstić information content (AvgIpc) is 3.25. The van der Waals surface area contributed by atoms with Gasteiger partial charge in [-0.3, -0.25) is 0 Å². The molecule has 2 aliphatic rings. The van der Waals surface area contributed by atoms with Crippen molar-refractivity contribution in [1.29, 1.82) is 0 Å². The van der Waals surface area contributed by atoms with Gasteiger partial charge in [-0.2, -0.15) is 0 Å². The molecule has 0 aliphatic heterocycles. The van der Waals surface area contributed by atoms with Crippen LogP contribution in [0.3, 0.4) is 0 Å². The van der Waals surface area contributed by atoms with E-state index in [4.69, 9.17) is 5.73 Å². The van der Waals surface area contributed by atoms with Gasteiger partial charge in [-0.15, -0.1) is 0 Å². The van der Waals surface area contributed by atoms with Crippen molar-refractivity contribution in [2.75, 3.05) is 0 Å². The van der Waals surface area contributed by atoms with Crippen LogP contribution < -0.4 is 5.73 Å². The zero-order chi connectivity index (χ0) is 15.9. The van der Waals surface area contributed by atoms with Crippen LogP contribution >= 0.6 is 0 Å². The lowest BCUT2D eigenvalue weighted by molar-refractivity contribution is 0.223. The second kappa shape index (κ2) is 5.75. The summed E-state index contributed by atoms with van der Waals surface area (Å²) < 4.78 is 13.1. The number of aromatic nitrogens is 2. The minimum absolute atomic E-state index is 0.114. The zero-order valence-corrected chi connectivity index (χ0v) is 13.4. The van der Waals surface area contributed by atoms with E-state index >= 15 is 0 Å². The van der Waals surface area contributed by atoms with Gasteiger partial charge >= 0.3 is 0 Å². The maximum atomic E-state index is 13.1. The summed E-state index contributed by atoms with van der Waals surface area (Å²) in [5, 5.41) is 0. The van der Waals surface area contributed by atoms with Gasteiger partial charge in [-0.1, -0.05) is 19.3 Å². The monoisotopic (exact) mass is 313 g/mol. The van der Waals surface area contributed by atoms with Crippen molar-refractivity contribution < 1.29 is 4.39 Å². The van der Waals surface area contributed by atoms with E-state index in [9.17, 15) is 4.39 Å². The summed E-state index contributed by atoms with van der Waals surface area (Å²) in [6.07, 6.45) is 10.3. The summed E-state index contributed by atoms with van der Waals surface area (Å²) in [4.78, 5) is 8.15. The zero-order valence-electron chi connectivity index (χ0n) is 13.4. The number of hydrogen-bond donors (Lipinski definition) is 2. The number of hydrogen-bond acceptors (Lipinski definition) is 2. The van der Waals surface area contributed by atoms with E-state index in [1.54, 1.807) is 12.1 Å². The highest BCUT2D eigenvalue weighted by molar-refractivity contribution is 5.58. The molecule has 2 saturated carbocycles. The molecule has 0 amide bonds. The van der Waals surface area contributed by atoms with Crippen LogP contribution in [0.5, 0.6) is 0 Å². The Labute approximate surface area is 136 Å². The third-order valence-corrected chi connectivity index (χ3v) is 5.54. The van der Waals surface area contributed by atoms with Crippen molar-refractivity contribution in [2.24, 2.45) is 11.7 Å². The van der Waals surface area contributed by atoms with Gasteiger partial charge in [0, 0.05) is 11.5 Å². The number of nitrogens with one attached hydrogen (secondary N) is 1. The number of benzene rings is 1. The Balaban J connectivity index is 1.64. The minimum Gasteiger partial charge on any atom is -0.342 e. The molecule has 3 N–H and O–H groups in total. The normalized spacial score (nSPS) is 22.0. The fraction of sp³-hybridized carbons (Fsp3) is 0.526. The maximum Gasteiger partial charge on any atom is 0.123 e. The van der Waals surface area contributed by atoms with E-state index in [0.29, 0.717) is 11.8 Å². The van der Waals surface area contributed by atoms with Gasteiger partial charge in [0.1, 0.15) is 11.6 Å². The number of H-pyrrole nitrogens is 1. The molecular formula is C19H24FN3. The summed E-state index contributed by atoms with van der Waals surface area (Å²) in [5.41, 5.74) is 8.64. The minimum atomic E-state index is -0.215. The number of aromatic amines is 1. The molecule has 1 aromatic carbocycles. The van der Waals surface area contributed by atoms with Gasteiger partial charge in [0.2, 0.25) is 0 Å². The molecule has 4 heteroatoms. The Hall–Kier alpha value is -1.68. The predicted octanol–water partition coefficient (Wildman–Crippen LogP) is 4.37. The van der Waals surface area contributed by atoms with Gasteiger partial charge < -0.3 is 10.7 Å². The molecule has 0 saturated heterocycles. The first-order chi connectivity index (χ1) is 11.2. The summed E-state index contributed by atoms with van der Waals surface area (Å²) in [5.74, 6) is 1.81. The first-order valence-corrected chi connectivity index (χ1v) is 8.75. The Morgan fingerprint density at radius 1 is 1.13 bits per heavy atom. The molecule has 2 aliphatic carbocycles. The third-order valence-electron chi connectivity index (χ3n) is 5.54. The van der Waals surface area contributed by atoms with Crippen molar-refractivity contribution >= 4 is 0 Å². The fourth-order valence-electron chi connectivity index (χ4n) is 4.19. The molecule has 0 radical (unpaired) electrons. The molecule has 1 aromatic heterocycles. The van der Waals surface area contributed by atoms with Crippen molar-refractivity contribution in [2.45, 2.75) is 56.4 Å². The molecule has 2 aromatic rings. The number of imidazole rings is 1. The largest absolute Gasteiger partial charge is 0.342 e. The fourth-order valence-corrected chi connectivity index (χ4v) is 4.19. The van der Waals surface area contributed by atoms with E-state index < -0.39 is 0 Å². The maximum absolute atomic E-state index is 13.1. The van der Waals surface area contributed by atoms with Gasteiger partial charge in [0.05, 0.1) is 11.9 Å². The van der Waals surface area contributed by atoms with Crippen LogP contribution in [0.1, 0.15) is 56.7 Å². The number of nitrogens with two attached hydrogens (primary N) is 1. The van der Waals surface area contributed by atoms with Gasteiger partial charge in [0.25, 0.3) is 0 Å². The average molecular weight is 313 g/mol. The number of halogens is 1. The van der Waals surface area contributed by atoms with E-state index in [1.807, 2.05) is 6.20 Å². The number of nitrogens with zero attached hydrogens (tertiary/aromatic N) is 1. The van der Waals surface area contributed by atoms with Crippen molar-refractivity contribution in [3.05, 3.63) is 42.1 Å². The molecule has 2 fully saturated rings. The Bertz CT molecular complexity index is 666. The summed E-state index contributed by atoms with van der Waals surface area (Å²) in [6.45, 7) is 0. The standard InChI is InChI=1S/C19H24FN3/c20-15-8-6-13(7-9-15)16-12-22-18(23-16)17(14-4-5-14)19(21)10-2-1-3-11-19/h6-9,12,14,17H,1-5,10-11,21H2,(H,22,23). The Morgan fingerprint density at radius 3 is 2.48 bits per heavy atom. The summed E-state index contributed by atoms with van der Waals surface area (Å²) >= 11 is 0. The van der Waals surface area contributed by atoms with Crippen LogP contribution in [0.25, 0.3) is 11.3 Å². The molecule has 3 nitrogen and oxygen atoms in total. The second-order valence-electron chi connectivity index (χ2n) is 7.30. The topological polar surface area (TPSA) is 54.7 Å². The van der Waals surface area contributed by atoms with Crippen molar-refractivity contribution in [1.82, 2.24) is 9.97 Å². The number of rotatable bonds is 4. The Morgan fingerprint density at radius 2 is 1.83 bits per heavy atom. The second-order valence-corrected chi connectivity index (χ2v) is 7.30. The lowest BCUT2D eigenvalue weighted by Crippen LogP contribution is -2.48. The molecule has 1 heterocycles. The molecular weight excluding hydrogens is 289 g/mol. The van der Waals surface area contributed by atoms with Crippen molar-refractivity contribution in [3.8, 4) is 11.3 Å². The van der Waals surface area contributed by atoms with Crippen LogP contribution in [-0.2, 0) is 0 Å². The summed E-state index contributed by atoms with van der Waals surface area (Å²) in [6, 6.07) is 6.55. The predicted molar refractivity (Wildman–Crippen MR) is 89.5 cm³/mol. The molecule has 122 valence electrons. The molecule has 0 bridgehead atoms. The van der Waals surface area contributed by atoms with E-state index in [1.165, 1.54) is 44.2 Å². The smallest absolute Gasteiger partial charge is 0.123 e. The van der Waals surface area contributed by atoms with Crippen LogP contribution in [0.2, 0.25) is 0 Å².